The molecule has 6 N–H and O–H groups in total. The molecule has 0 spiro atoms. The summed E-state index contributed by atoms with van der Waals surface area (Å²) in [5.74, 6) is 1.20. The quantitative estimate of drug-likeness (QED) is 0.0988. The number of hydrogen-bond donors (Lipinski definition) is 6. The fraction of sp³-hybridized carbons (Fsp3) is 0.375. The molecule has 0 aliphatic rings. The van der Waals surface area contributed by atoms with Gasteiger partial charge in [0.05, 0.1) is 16.9 Å². The molecule has 0 saturated carbocycles. The highest BCUT2D eigenvalue weighted by Gasteiger charge is 2.14. The van der Waals surface area contributed by atoms with Gasteiger partial charge in [-0.25, -0.2) is 20.4 Å². The topological polar surface area (TPSA) is 153 Å². The first-order chi connectivity index (χ1) is 17.9. The number of anilines is 4. The molecule has 0 aliphatic carbocycles. The Morgan fingerprint density at radius 2 is 1.86 bits per heavy atom. The molecule has 0 unspecified atom stereocenters. The van der Waals surface area contributed by atoms with Crippen molar-refractivity contribution in [1.82, 2.24) is 25.7 Å². The highest BCUT2D eigenvalue weighted by Crippen LogP contribution is 2.28. The van der Waals surface area contributed by atoms with Crippen molar-refractivity contribution in [3.63, 3.8) is 0 Å². The largest absolute Gasteiger partial charge is 0.369 e. The summed E-state index contributed by atoms with van der Waals surface area (Å²) in [5, 5.41) is 22.1. The van der Waals surface area contributed by atoms with Crippen molar-refractivity contribution in [1.29, 1.82) is 0 Å². The number of thiazole rings is 1. The van der Waals surface area contributed by atoms with E-state index in [0.717, 1.165) is 37.9 Å². The van der Waals surface area contributed by atoms with E-state index in [1.54, 1.807) is 24.5 Å². The number of nitrogens with zero attached hydrogens (tertiary/aromatic N) is 3. The van der Waals surface area contributed by atoms with E-state index in [4.69, 9.17) is 16.8 Å². The van der Waals surface area contributed by atoms with Gasteiger partial charge in [-0.15, -0.1) is 0 Å². The van der Waals surface area contributed by atoms with Crippen LogP contribution in [0.4, 0.5) is 22.5 Å². The number of hydroxylamine groups is 1. The molecule has 11 nitrogen and oxygen atoms in total. The molecular formula is C24H31ClN8O3S. The minimum atomic E-state index is -0.351. The Balaban J connectivity index is 1.45. The van der Waals surface area contributed by atoms with Crippen molar-refractivity contribution in [3.05, 3.63) is 51.7 Å². The predicted molar refractivity (Wildman–Crippen MR) is 146 cm³/mol. The minimum Gasteiger partial charge on any atom is -0.369 e. The molecule has 2 heterocycles. The second-order valence-electron chi connectivity index (χ2n) is 8.25. The van der Waals surface area contributed by atoms with E-state index >= 15 is 0 Å². The zero-order valence-corrected chi connectivity index (χ0v) is 22.3. The van der Waals surface area contributed by atoms with Gasteiger partial charge in [-0.3, -0.25) is 14.8 Å². The lowest BCUT2D eigenvalue weighted by Gasteiger charge is -2.10. The summed E-state index contributed by atoms with van der Waals surface area (Å²) in [6.45, 7) is 5.95. The summed E-state index contributed by atoms with van der Waals surface area (Å²) < 4.78 is 0. The Labute approximate surface area is 224 Å². The lowest BCUT2D eigenvalue weighted by molar-refractivity contribution is -0.129. The average molecular weight is 547 g/mol. The van der Waals surface area contributed by atoms with Crippen LogP contribution in [0, 0.1) is 13.8 Å². The second kappa shape index (κ2) is 14.4. The van der Waals surface area contributed by atoms with E-state index in [-0.39, 0.29) is 11.8 Å². The monoisotopic (exact) mass is 546 g/mol. The van der Waals surface area contributed by atoms with Crippen LogP contribution in [0.3, 0.4) is 0 Å². The third-order valence-corrected chi connectivity index (χ3v) is 6.48. The van der Waals surface area contributed by atoms with E-state index in [2.05, 4.69) is 36.2 Å². The summed E-state index contributed by atoms with van der Waals surface area (Å²) >= 11 is 7.43. The molecule has 2 aromatic heterocycles. The average Bonchev–Trinajstić information content (AvgIpc) is 3.33. The number of nitrogens with one attached hydrogen (secondary N) is 5. The van der Waals surface area contributed by atoms with Crippen molar-refractivity contribution in [2.45, 2.75) is 39.5 Å². The third-order valence-electron chi connectivity index (χ3n) is 5.25. The summed E-state index contributed by atoms with van der Waals surface area (Å²) in [6.07, 6.45) is 4.45. The fourth-order valence-electron chi connectivity index (χ4n) is 3.41. The first kappa shape index (κ1) is 28.3. The molecule has 198 valence electrons. The van der Waals surface area contributed by atoms with Crippen molar-refractivity contribution in [3.8, 4) is 0 Å². The molecule has 0 atom stereocenters. The Bertz CT molecular complexity index is 1190. The van der Waals surface area contributed by atoms with E-state index in [1.165, 1.54) is 17.5 Å². The van der Waals surface area contributed by atoms with E-state index in [1.807, 2.05) is 19.1 Å². The molecule has 0 saturated heterocycles. The standard InChI is InChI=1S/C24H31ClN8O3S/c1-15-7-6-8-17(25)22(15)32-23(35)18-14-28-24(37-18)31-20-13-19(29-16(2)30-20)27-12-11-26-10-5-3-4-9-21(34)33-36/h6-8,13-14,26,36H,3-5,9-12H2,1-2H3,(H,32,35)(H,33,34)(H2,27,28,29,30,31). The molecule has 1 aromatic carbocycles. The van der Waals surface area contributed by atoms with Gasteiger partial charge in [0.2, 0.25) is 5.91 Å². The number of amides is 2. The second-order valence-corrected chi connectivity index (χ2v) is 9.69. The van der Waals surface area contributed by atoms with E-state index in [9.17, 15) is 9.59 Å². The number of aryl methyl sites for hydroxylation is 2. The molecule has 0 fully saturated rings. The Morgan fingerprint density at radius 1 is 1.05 bits per heavy atom. The van der Waals surface area contributed by atoms with Gasteiger partial charge in [0.15, 0.2) is 5.13 Å². The number of halogens is 1. The van der Waals surface area contributed by atoms with E-state index in [0.29, 0.717) is 51.1 Å². The van der Waals surface area contributed by atoms with Crippen LogP contribution in [0.15, 0.2) is 30.5 Å². The van der Waals surface area contributed by atoms with Crippen molar-refractivity contribution in [2.24, 2.45) is 0 Å². The lowest BCUT2D eigenvalue weighted by atomic mass is 10.2. The van der Waals surface area contributed by atoms with Crippen LogP contribution in [0.1, 0.15) is 46.7 Å². The molecule has 0 aliphatic heterocycles. The van der Waals surface area contributed by atoms with Gasteiger partial charge in [-0.2, -0.15) is 0 Å². The summed E-state index contributed by atoms with van der Waals surface area (Å²) in [5.41, 5.74) is 3.10. The van der Waals surface area contributed by atoms with Crippen LogP contribution in [-0.4, -0.2) is 51.6 Å². The molecule has 3 rings (SSSR count). The number of rotatable bonds is 14. The zero-order chi connectivity index (χ0) is 26.6. The van der Waals surface area contributed by atoms with Crippen LogP contribution in [-0.2, 0) is 4.79 Å². The van der Waals surface area contributed by atoms with Gasteiger partial charge in [0.1, 0.15) is 22.3 Å². The number of para-hydroxylation sites is 1. The van der Waals surface area contributed by atoms with Gasteiger partial charge < -0.3 is 21.3 Å². The maximum Gasteiger partial charge on any atom is 0.267 e. The van der Waals surface area contributed by atoms with Crippen LogP contribution in [0.5, 0.6) is 0 Å². The highest BCUT2D eigenvalue weighted by molar-refractivity contribution is 7.17. The molecular weight excluding hydrogens is 516 g/mol. The van der Waals surface area contributed by atoms with Gasteiger partial charge >= 0.3 is 0 Å². The minimum absolute atomic E-state index is 0.286. The predicted octanol–water partition coefficient (Wildman–Crippen LogP) is 4.27. The SMILES string of the molecule is Cc1nc(NCCNCCCCCC(=O)NO)cc(Nc2ncc(C(=O)Nc3c(C)cccc3Cl)s2)n1. The zero-order valence-electron chi connectivity index (χ0n) is 20.7. The molecule has 37 heavy (non-hydrogen) atoms. The number of hydrogen-bond acceptors (Lipinski definition) is 10. The van der Waals surface area contributed by atoms with Crippen LogP contribution < -0.4 is 26.7 Å². The molecule has 0 bridgehead atoms. The van der Waals surface area contributed by atoms with Crippen LogP contribution in [0.2, 0.25) is 5.02 Å². The number of unbranched alkanes of at least 4 members (excludes halogenated alkanes) is 2. The Morgan fingerprint density at radius 3 is 2.65 bits per heavy atom. The number of carbonyl (C=O) groups is 2. The Kier molecular flexibility index (Phi) is 11.0. The van der Waals surface area contributed by atoms with Gasteiger partial charge in [-0.05, 0) is 44.9 Å². The maximum absolute atomic E-state index is 12.7. The van der Waals surface area contributed by atoms with Crippen molar-refractivity contribution >= 4 is 57.2 Å². The van der Waals surface area contributed by atoms with E-state index < -0.39 is 0 Å². The molecule has 0 radical (unpaired) electrons. The normalized spacial score (nSPS) is 10.7. The van der Waals surface area contributed by atoms with Gasteiger partial charge in [-0.1, -0.05) is 41.5 Å². The Hall–Kier alpha value is -3.32. The van der Waals surface area contributed by atoms with Crippen LogP contribution in [0.25, 0.3) is 0 Å². The molecule has 3 aromatic rings. The number of carbonyl (C=O) groups excluding carboxylic acids is 2. The summed E-state index contributed by atoms with van der Waals surface area (Å²) in [7, 11) is 0. The van der Waals surface area contributed by atoms with Crippen molar-refractivity contribution in [2.75, 3.05) is 35.6 Å². The number of benzene rings is 1. The van der Waals surface area contributed by atoms with Crippen molar-refractivity contribution < 1.29 is 14.8 Å². The summed E-state index contributed by atoms with van der Waals surface area (Å²) in [4.78, 5) is 37.2. The lowest BCUT2D eigenvalue weighted by Crippen LogP contribution is -2.23. The smallest absolute Gasteiger partial charge is 0.267 e. The number of aromatic nitrogens is 3. The highest BCUT2D eigenvalue weighted by atomic mass is 35.5. The maximum atomic E-state index is 12.7. The first-order valence-electron chi connectivity index (χ1n) is 11.9. The molecule has 13 heteroatoms. The van der Waals surface area contributed by atoms with Crippen LogP contribution >= 0.6 is 22.9 Å². The van der Waals surface area contributed by atoms with Gasteiger partial charge in [0, 0.05) is 25.6 Å². The fourth-order valence-corrected chi connectivity index (χ4v) is 4.39. The summed E-state index contributed by atoms with van der Waals surface area (Å²) in [6, 6.07) is 7.23. The molecule has 2 amide bonds. The first-order valence-corrected chi connectivity index (χ1v) is 13.1. The third kappa shape index (κ3) is 9.25. The van der Waals surface area contributed by atoms with Gasteiger partial charge in [0.25, 0.3) is 5.91 Å².